The van der Waals surface area contributed by atoms with E-state index in [0.717, 1.165) is 62.2 Å². The molecule has 13 heteroatoms. The maximum Gasteiger partial charge on any atom is 0.411 e. The third-order valence-electron chi connectivity index (χ3n) is 9.11. The third-order valence-corrected chi connectivity index (χ3v) is 9.11. The number of halogens is 1. The number of aryl methyl sites for hydroxylation is 2. The fourth-order valence-electron chi connectivity index (χ4n) is 6.71. The molecule has 2 amide bonds. The van der Waals surface area contributed by atoms with Crippen LogP contribution < -0.4 is 20.1 Å². The number of benzene rings is 4. The molecule has 4 aromatic carbocycles. The largest absolute Gasteiger partial charge is 0.494 e. The topological polar surface area (TPSA) is 153 Å². The summed E-state index contributed by atoms with van der Waals surface area (Å²) in [5, 5.41) is 26.7. The van der Waals surface area contributed by atoms with Gasteiger partial charge in [0.1, 0.15) is 36.9 Å². The Hall–Kier alpha value is -6.99. The minimum absolute atomic E-state index is 0.282. The van der Waals surface area contributed by atoms with Crippen molar-refractivity contribution in [3.8, 4) is 46.2 Å². The first-order valence-corrected chi connectivity index (χ1v) is 19.3. The van der Waals surface area contributed by atoms with Gasteiger partial charge in [0.2, 0.25) is 0 Å². The van der Waals surface area contributed by atoms with E-state index in [9.17, 15) is 24.5 Å². The van der Waals surface area contributed by atoms with Crippen LogP contribution in [0.15, 0.2) is 84.9 Å². The highest BCUT2D eigenvalue weighted by Crippen LogP contribution is 2.37. The molecule has 12 nitrogen and oxygen atoms in total. The van der Waals surface area contributed by atoms with Crippen molar-refractivity contribution in [2.45, 2.75) is 54.1 Å². The van der Waals surface area contributed by atoms with E-state index in [4.69, 9.17) is 14.2 Å². The first-order valence-electron chi connectivity index (χ1n) is 19.3. The molecule has 0 aliphatic rings. The number of alkyl halides is 1. The van der Waals surface area contributed by atoms with Crippen molar-refractivity contribution in [2.75, 3.05) is 43.7 Å². The van der Waals surface area contributed by atoms with Gasteiger partial charge in [0.15, 0.2) is 0 Å². The lowest BCUT2D eigenvalue weighted by atomic mass is 10.1. The lowest BCUT2D eigenvalue weighted by Crippen LogP contribution is -2.14. The van der Waals surface area contributed by atoms with Crippen LogP contribution in [0.1, 0.15) is 52.2 Å². The highest BCUT2D eigenvalue weighted by atomic mass is 19.1. The van der Waals surface area contributed by atoms with Crippen LogP contribution in [0.2, 0.25) is 0 Å². The highest BCUT2D eigenvalue weighted by Gasteiger charge is 2.20. The molecule has 2 aromatic heterocycles. The van der Waals surface area contributed by atoms with E-state index in [-0.39, 0.29) is 6.61 Å². The summed E-state index contributed by atoms with van der Waals surface area (Å²) in [4.78, 5) is 23.3. The molecule has 0 atom stereocenters. The van der Waals surface area contributed by atoms with Gasteiger partial charge in [0.25, 0.3) is 0 Å². The monoisotopic (exact) mass is 786 g/mol. The average Bonchev–Trinajstić information content (AvgIpc) is 3.74. The van der Waals surface area contributed by atoms with Crippen molar-refractivity contribution >= 4 is 45.4 Å². The summed E-state index contributed by atoms with van der Waals surface area (Å²) < 4.78 is 37.2. The number of amides is 2. The standard InChI is InChI=1S/C23H25N3O3.C22H22FN3O3/c1-4-13-29-23(27)25-17-9-7-16(8-10-17)22-20(15-24)19-12-11-18(28-6-3)14-21(19)26(22)5-2;1-3-26-20-13-17(28-4-2)9-10-18(20)19(14-24)21(26)15-5-7-16(8-6-15)25-22(27)29-12-11-23/h7-12,14H,4-6,13H2,1-3H3,(H,25,27);5-10,13H,3-4,11-12H2,1-2H3,(H,25,27). The van der Waals surface area contributed by atoms with Crippen LogP contribution >= 0.6 is 0 Å². The van der Waals surface area contributed by atoms with Gasteiger partial charge in [-0.15, -0.1) is 0 Å². The molecule has 0 spiro atoms. The van der Waals surface area contributed by atoms with Gasteiger partial charge in [-0.1, -0.05) is 31.2 Å². The molecule has 0 unspecified atom stereocenters. The van der Waals surface area contributed by atoms with Gasteiger partial charge >= 0.3 is 12.2 Å². The van der Waals surface area contributed by atoms with Crippen LogP contribution in [0.25, 0.3) is 44.3 Å². The molecule has 0 aliphatic carbocycles. The van der Waals surface area contributed by atoms with Crippen LogP contribution in [0.4, 0.5) is 25.4 Å². The number of carbonyl (C=O) groups is 2. The number of fused-ring (bicyclic) bond motifs is 2. The van der Waals surface area contributed by atoms with Crippen molar-refractivity contribution in [2.24, 2.45) is 0 Å². The predicted molar refractivity (Wildman–Crippen MR) is 224 cm³/mol. The van der Waals surface area contributed by atoms with Crippen LogP contribution in [-0.2, 0) is 22.6 Å². The molecule has 0 aliphatic heterocycles. The van der Waals surface area contributed by atoms with Crippen LogP contribution in [0, 0.1) is 22.7 Å². The first kappa shape index (κ1) is 42.2. The summed E-state index contributed by atoms with van der Waals surface area (Å²) in [6, 6.07) is 30.7. The zero-order valence-electron chi connectivity index (χ0n) is 33.4. The summed E-state index contributed by atoms with van der Waals surface area (Å²) in [7, 11) is 0. The summed E-state index contributed by atoms with van der Waals surface area (Å²) in [6.07, 6.45) is -0.404. The number of nitriles is 2. The fraction of sp³-hybridized carbons (Fsp3) is 0.289. The fourth-order valence-corrected chi connectivity index (χ4v) is 6.71. The number of aromatic nitrogens is 2. The summed E-state index contributed by atoms with van der Waals surface area (Å²) in [5.41, 5.74) is 7.72. The first-order chi connectivity index (χ1) is 28.2. The zero-order valence-corrected chi connectivity index (χ0v) is 33.4. The Morgan fingerprint density at radius 3 is 1.38 bits per heavy atom. The second kappa shape index (κ2) is 20.3. The van der Waals surface area contributed by atoms with Gasteiger partial charge in [-0.2, -0.15) is 10.5 Å². The van der Waals surface area contributed by atoms with E-state index < -0.39 is 18.9 Å². The number of hydrogen-bond acceptors (Lipinski definition) is 8. The highest BCUT2D eigenvalue weighted by molar-refractivity contribution is 5.97. The van der Waals surface area contributed by atoms with E-state index in [0.29, 0.717) is 55.4 Å². The molecule has 0 bridgehead atoms. The molecule has 2 heterocycles. The van der Waals surface area contributed by atoms with E-state index in [2.05, 4.69) is 43.6 Å². The van der Waals surface area contributed by atoms with Crippen molar-refractivity contribution in [1.82, 2.24) is 9.13 Å². The van der Waals surface area contributed by atoms with Crippen molar-refractivity contribution in [3.63, 3.8) is 0 Å². The Kier molecular flexibility index (Phi) is 14.7. The van der Waals surface area contributed by atoms with Crippen molar-refractivity contribution in [1.29, 1.82) is 10.5 Å². The molecule has 6 rings (SSSR count). The smallest absolute Gasteiger partial charge is 0.411 e. The Bertz CT molecular complexity index is 2270. The summed E-state index contributed by atoms with van der Waals surface area (Å²) in [6.45, 7) is 11.8. The number of anilines is 2. The Morgan fingerprint density at radius 2 is 1.03 bits per heavy atom. The number of nitrogens with one attached hydrogen (secondary N) is 2. The van der Waals surface area contributed by atoms with Gasteiger partial charge in [-0.05, 0) is 93.8 Å². The van der Waals surface area contributed by atoms with Gasteiger partial charge in [-0.3, -0.25) is 10.6 Å². The quantitative estimate of drug-likeness (QED) is 0.111. The molecule has 300 valence electrons. The van der Waals surface area contributed by atoms with E-state index in [1.807, 2.05) is 100 Å². The SMILES string of the molecule is CCCOC(=O)Nc1ccc(-c2c(C#N)c3ccc(OCC)cc3n2CC)cc1.CCOc1ccc2c(C#N)c(-c3ccc(NC(=O)OCCF)cc3)n(CC)c2c1. The van der Waals surface area contributed by atoms with Crippen LogP contribution in [0.3, 0.4) is 0 Å². The van der Waals surface area contributed by atoms with Crippen molar-refractivity contribution in [3.05, 3.63) is 96.1 Å². The number of ether oxygens (including phenoxy) is 4. The molecule has 0 fully saturated rings. The molecule has 6 aromatic rings. The second-order valence-electron chi connectivity index (χ2n) is 12.7. The molecule has 0 saturated carbocycles. The second-order valence-corrected chi connectivity index (χ2v) is 12.7. The summed E-state index contributed by atoms with van der Waals surface area (Å²) >= 11 is 0. The average molecular weight is 787 g/mol. The molecule has 0 radical (unpaired) electrons. The minimum atomic E-state index is -0.726. The third kappa shape index (κ3) is 9.51. The number of hydrogen-bond donors (Lipinski definition) is 2. The van der Waals surface area contributed by atoms with Gasteiger partial charge in [0.05, 0.1) is 53.4 Å². The Morgan fingerprint density at radius 1 is 0.621 bits per heavy atom. The van der Waals surface area contributed by atoms with Crippen molar-refractivity contribution < 1.29 is 32.9 Å². The van der Waals surface area contributed by atoms with E-state index in [1.165, 1.54) is 0 Å². The lowest BCUT2D eigenvalue weighted by Gasteiger charge is -2.11. The Labute approximate surface area is 337 Å². The van der Waals surface area contributed by atoms with E-state index in [1.54, 1.807) is 12.1 Å². The van der Waals surface area contributed by atoms with Crippen LogP contribution in [0.5, 0.6) is 11.5 Å². The van der Waals surface area contributed by atoms with E-state index >= 15 is 0 Å². The van der Waals surface area contributed by atoms with Crippen LogP contribution in [-0.4, -0.2) is 54.4 Å². The number of nitrogens with zero attached hydrogens (tertiary/aromatic N) is 4. The maximum absolute atomic E-state index is 12.1. The minimum Gasteiger partial charge on any atom is -0.494 e. The predicted octanol–water partition coefficient (Wildman–Crippen LogP) is 10.7. The number of rotatable bonds is 14. The molecule has 0 saturated heterocycles. The maximum atomic E-state index is 12.1. The van der Waals surface area contributed by atoms with Gasteiger partial charge < -0.3 is 28.1 Å². The van der Waals surface area contributed by atoms with Gasteiger partial charge in [-0.25, -0.2) is 14.0 Å². The molecular formula is C45H47FN6O6. The lowest BCUT2D eigenvalue weighted by molar-refractivity contribution is 0.152. The normalized spacial score (nSPS) is 10.6. The zero-order chi connectivity index (χ0) is 41.6. The molecular weight excluding hydrogens is 740 g/mol. The van der Waals surface area contributed by atoms with Gasteiger partial charge in [0, 0.05) is 47.4 Å². The number of carbonyl (C=O) groups excluding carboxylic acids is 2. The Balaban J connectivity index is 0.000000221. The molecule has 2 N–H and O–H groups in total. The summed E-state index contributed by atoms with van der Waals surface area (Å²) in [5.74, 6) is 1.54. The molecule has 58 heavy (non-hydrogen) atoms.